The third-order valence-electron chi connectivity index (χ3n) is 7.50. The monoisotopic (exact) mass is 557 g/mol. The minimum absolute atomic E-state index is 0.0644. The minimum Gasteiger partial charge on any atom is -0.487 e. The molecule has 0 spiro atoms. The van der Waals surface area contributed by atoms with Crippen LogP contribution in [-0.4, -0.2) is 74.4 Å². The van der Waals surface area contributed by atoms with Crippen LogP contribution >= 0.6 is 0 Å². The topological polar surface area (TPSA) is 118 Å². The molecule has 2 aliphatic heterocycles. The van der Waals surface area contributed by atoms with E-state index in [1.807, 2.05) is 13.0 Å². The van der Waals surface area contributed by atoms with Crippen LogP contribution in [0.4, 0.5) is 10.5 Å². The van der Waals surface area contributed by atoms with Crippen molar-refractivity contribution in [3.8, 4) is 17.2 Å². The van der Waals surface area contributed by atoms with Gasteiger partial charge in [0.15, 0.2) is 11.5 Å². The first-order valence-electron chi connectivity index (χ1n) is 13.2. The predicted molar refractivity (Wildman–Crippen MR) is 147 cm³/mol. The molecule has 2 aromatic carbocycles. The molecule has 2 N–H and O–H groups in total. The van der Waals surface area contributed by atoms with Crippen molar-refractivity contribution in [3.63, 3.8) is 0 Å². The number of carbonyl (C=O) groups is 1. The highest BCUT2D eigenvalue weighted by molar-refractivity contribution is 7.89. The Morgan fingerprint density at radius 2 is 1.97 bits per heavy atom. The smallest absolute Gasteiger partial charge is 0.321 e. The van der Waals surface area contributed by atoms with Crippen molar-refractivity contribution >= 4 is 27.3 Å². The van der Waals surface area contributed by atoms with Crippen LogP contribution in [0.1, 0.15) is 38.7 Å². The zero-order valence-electron chi connectivity index (χ0n) is 22.4. The molecule has 0 bridgehead atoms. The molecule has 2 aromatic rings. The van der Waals surface area contributed by atoms with Crippen LogP contribution in [0, 0.1) is 5.92 Å². The van der Waals surface area contributed by atoms with Crippen molar-refractivity contribution in [2.24, 2.45) is 5.92 Å². The Morgan fingerprint density at radius 3 is 2.72 bits per heavy atom. The normalized spacial score (nSPS) is 22.6. The Kier molecular flexibility index (Phi) is 7.75. The van der Waals surface area contributed by atoms with Gasteiger partial charge in [-0.15, -0.1) is 0 Å². The molecule has 5 rings (SSSR count). The van der Waals surface area contributed by atoms with E-state index in [2.05, 4.69) is 11.4 Å². The first kappa shape index (κ1) is 27.3. The number of nitrogens with zero attached hydrogens (tertiary/aromatic N) is 2. The van der Waals surface area contributed by atoms with Gasteiger partial charge in [-0.1, -0.05) is 19.1 Å². The summed E-state index contributed by atoms with van der Waals surface area (Å²) in [5, 5.41) is 12.7. The Morgan fingerprint density at radius 1 is 1.18 bits per heavy atom. The maximum Gasteiger partial charge on any atom is 0.321 e. The fraction of sp³-hybridized carbons (Fsp3) is 0.464. The van der Waals surface area contributed by atoms with Gasteiger partial charge in [0.2, 0.25) is 16.8 Å². The Labute approximate surface area is 229 Å². The molecule has 0 radical (unpaired) electrons. The summed E-state index contributed by atoms with van der Waals surface area (Å²) in [4.78, 5) is 14.7. The first-order valence-corrected chi connectivity index (χ1v) is 14.7. The van der Waals surface area contributed by atoms with Crippen LogP contribution in [0.25, 0.3) is 5.57 Å². The number of aliphatic hydroxyl groups excluding tert-OH is 1. The summed E-state index contributed by atoms with van der Waals surface area (Å²) in [5.41, 5.74) is 2.67. The second-order valence-electron chi connectivity index (χ2n) is 10.4. The van der Waals surface area contributed by atoms with Gasteiger partial charge in [0.1, 0.15) is 16.7 Å². The largest absolute Gasteiger partial charge is 0.487 e. The van der Waals surface area contributed by atoms with E-state index >= 15 is 0 Å². The summed E-state index contributed by atoms with van der Waals surface area (Å²) in [6.07, 6.45) is 4.66. The van der Waals surface area contributed by atoms with E-state index in [4.69, 9.17) is 14.2 Å². The zero-order chi connectivity index (χ0) is 27.7. The standard InChI is InChI=1S/C28H35N3O7S/c1-18-14-31(19(2)16-32)39(34,35)27-11-8-21(20-6-4-5-7-20)12-25(27)38-26(18)15-30(3)28(33)29-22-9-10-23-24(13-22)37-17-36-23/h6,8-13,18-19,26,32H,4-5,7,14-17H2,1-3H3,(H,29,33)/t18-,19-,26-/m0/s1. The molecule has 11 heteroatoms. The molecule has 3 aliphatic rings. The van der Waals surface area contributed by atoms with Gasteiger partial charge < -0.3 is 29.5 Å². The van der Waals surface area contributed by atoms with Crippen molar-refractivity contribution in [2.45, 2.75) is 50.2 Å². The van der Waals surface area contributed by atoms with E-state index in [1.165, 1.54) is 14.8 Å². The number of fused-ring (bicyclic) bond motifs is 2. The molecule has 1 aliphatic carbocycles. The van der Waals surface area contributed by atoms with E-state index < -0.39 is 22.2 Å². The predicted octanol–water partition coefficient (Wildman–Crippen LogP) is 3.92. The van der Waals surface area contributed by atoms with Gasteiger partial charge in [0, 0.05) is 37.3 Å². The third kappa shape index (κ3) is 5.57. The molecule has 2 heterocycles. The summed E-state index contributed by atoms with van der Waals surface area (Å²) >= 11 is 0. The maximum atomic E-state index is 13.7. The van der Waals surface area contributed by atoms with Crippen LogP contribution in [0.3, 0.4) is 0 Å². The number of likely N-dealkylation sites (N-methyl/N-ethyl adjacent to an activating group) is 1. The number of rotatable bonds is 6. The molecule has 39 heavy (non-hydrogen) atoms. The van der Waals surface area contributed by atoms with Gasteiger partial charge in [0.05, 0.1) is 13.2 Å². The van der Waals surface area contributed by atoms with Crippen LogP contribution in [0.2, 0.25) is 0 Å². The number of benzene rings is 2. The van der Waals surface area contributed by atoms with Crippen LogP contribution in [-0.2, 0) is 10.0 Å². The Balaban J connectivity index is 1.41. The number of nitrogens with one attached hydrogen (secondary N) is 1. The Bertz CT molecular complexity index is 1380. The fourth-order valence-electron chi connectivity index (χ4n) is 5.12. The molecule has 0 fully saturated rings. The van der Waals surface area contributed by atoms with Gasteiger partial charge in [-0.3, -0.25) is 0 Å². The quantitative estimate of drug-likeness (QED) is 0.553. The lowest BCUT2D eigenvalue weighted by Gasteiger charge is -2.37. The van der Waals surface area contributed by atoms with Crippen LogP contribution in [0.15, 0.2) is 47.4 Å². The molecule has 3 atom stereocenters. The third-order valence-corrected chi connectivity index (χ3v) is 9.52. The molecule has 0 unspecified atom stereocenters. The summed E-state index contributed by atoms with van der Waals surface area (Å²) in [7, 11) is -2.26. The molecule has 0 aromatic heterocycles. The van der Waals surface area contributed by atoms with Crippen molar-refractivity contribution in [1.29, 1.82) is 0 Å². The first-order chi connectivity index (χ1) is 18.7. The van der Waals surface area contributed by atoms with E-state index in [-0.39, 0.29) is 49.1 Å². The van der Waals surface area contributed by atoms with Crippen molar-refractivity contribution in [2.75, 3.05) is 38.9 Å². The lowest BCUT2D eigenvalue weighted by Crippen LogP contribution is -2.50. The second kappa shape index (κ2) is 11.1. The number of amides is 2. The zero-order valence-corrected chi connectivity index (χ0v) is 23.2. The fourth-order valence-corrected chi connectivity index (χ4v) is 6.95. The SMILES string of the molecule is C[C@H]1CN([C@@H](C)CO)S(=O)(=O)c2ccc(C3=CCCC3)cc2O[C@H]1CN(C)C(=O)Nc1ccc2c(c1)OCO2. The molecule has 0 saturated carbocycles. The summed E-state index contributed by atoms with van der Waals surface area (Å²) < 4.78 is 45.9. The van der Waals surface area contributed by atoms with E-state index in [0.717, 1.165) is 24.8 Å². The minimum atomic E-state index is -3.93. The molecule has 0 saturated heterocycles. The number of ether oxygens (including phenoxy) is 3. The summed E-state index contributed by atoms with van der Waals surface area (Å²) in [6, 6.07) is 9.44. The number of hydrogen-bond donors (Lipinski definition) is 2. The highest BCUT2D eigenvalue weighted by Crippen LogP contribution is 2.38. The second-order valence-corrected chi connectivity index (χ2v) is 12.3. The summed E-state index contributed by atoms with van der Waals surface area (Å²) in [6.45, 7) is 3.77. The number of anilines is 1. The molecule has 2 amide bonds. The highest BCUT2D eigenvalue weighted by Gasteiger charge is 2.38. The molecule has 210 valence electrons. The number of carbonyl (C=O) groups excluding carboxylic acids is 1. The highest BCUT2D eigenvalue weighted by atomic mass is 32.2. The molecular formula is C28H35N3O7S. The summed E-state index contributed by atoms with van der Waals surface area (Å²) in [5.74, 6) is 1.17. The van der Waals surface area contributed by atoms with E-state index in [0.29, 0.717) is 17.2 Å². The van der Waals surface area contributed by atoms with Crippen molar-refractivity contribution < 1.29 is 32.5 Å². The van der Waals surface area contributed by atoms with Gasteiger partial charge in [-0.2, -0.15) is 4.31 Å². The number of allylic oxidation sites excluding steroid dienone is 2. The number of urea groups is 1. The number of sulfonamides is 1. The van der Waals surface area contributed by atoms with E-state index in [9.17, 15) is 18.3 Å². The number of hydrogen-bond acceptors (Lipinski definition) is 7. The maximum absolute atomic E-state index is 13.7. The van der Waals surface area contributed by atoms with Gasteiger partial charge in [-0.05, 0) is 61.6 Å². The van der Waals surface area contributed by atoms with Crippen molar-refractivity contribution in [1.82, 2.24) is 9.21 Å². The lowest BCUT2D eigenvalue weighted by atomic mass is 10.0. The van der Waals surface area contributed by atoms with Gasteiger partial charge in [-0.25, -0.2) is 13.2 Å². The average molecular weight is 558 g/mol. The van der Waals surface area contributed by atoms with Crippen molar-refractivity contribution in [3.05, 3.63) is 48.0 Å². The van der Waals surface area contributed by atoms with Crippen LogP contribution < -0.4 is 19.5 Å². The molecule has 10 nitrogen and oxygen atoms in total. The lowest BCUT2D eigenvalue weighted by molar-refractivity contribution is 0.0830. The molecular weight excluding hydrogens is 522 g/mol. The van der Waals surface area contributed by atoms with Crippen LogP contribution in [0.5, 0.6) is 17.2 Å². The number of aliphatic hydroxyl groups is 1. The average Bonchev–Trinajstić information content (AvgIpc) is 3.62. The van der Waals surface area contributed by atoms with E-state index in [1.54, 1.807) is 44.3 Å². The van der Waals surface area contributed by atoms with Gasteiger partial charge in [0.25, 0.3) is 0 Å². The Hall–Kier alpha value is -3.28. The van der Waals surface area contributed by atoms with Gasteiger partial charge >= 0.3 is 6.03 Å².